The van der Waals surface area contributed by atoms with E-state index >= 15 is 0 Å². The van der Waals surface area contributed by atoms with Gasteiger partial charge in [0.05, 0.1) is 0 Å². The summed E-state index contributed by atoms with van der Waals surface area (Å²) in [6.45, 7) is 2.15. The van der Waals surface area contributed by atoms with E-state index in [9.17, 15) is 4.79 Å². The number of rotatable bonds is 3. The third-order valence-electron chi connectivity index (χ3n) is 3.90. The minimum Gasteiger partial charge on any atom is -0.303 e. The fourth-order valence-electron chi connectivity index (χ4n) is 2.81. The van der Waals surface area contributed by atoms with Gasteiger partial charge in [0.2, 0.25) is 0 Å². The zero-order valence-corrected chi connectivity index (χ0v) is 10.2. The van der Waals surface area contributed by atoms with Crippen molar-refractivity contribution in [3.05, 3.63) is 0 Å². The highest BCUT2D eigenvalue weighted by atomic mass is 16.1. The van der Waals surface area contributed by atoms with Crippen molar-refractivity contribution in [2.45, 2.75) is 71.1 Å². The van der Waals surface area contributed by atoms with Gasteiger partial charge in [-0.25, -0.2) is 0 Å². The fourth-order valence-corrected chi connectivity index (χ4v) is 2.81. The number of hydrogen-bond acceptors (Lipinski definition) is 1. The highest BCUT2D eigenvalue weighted by Gasteiger charge is 2.18. The summed E-state index contributed by atoms with van der Waals surface area (Å²) < 4.78 is 0. The van der Waals surface area contributed by atoms with E-state index in [1.165, 1.54) is 64.1 Å². The van der Waals surface area contributed by atoms with Crippen LogP contribution in [0.4, 0.5) is 0 Å². The molecule has 1 aliphatic rings. The first-order valence-electron chi connectivity index (χ1n) is 6.83. The zero-order valence-electron chi connectivity index (χ0n) is 10.2. The van der Waals surface area contributed by atoms with Gasteiger partial charge >= 0.3 is 0 Å². The van der Waals surface area contributed by atoms with Gasteiger partial charge < -0.3 is 4.79 Å². The van der Waals surface area contributed by atoms with E-state index in [0.29, 0.717) is 11.8 Å². The van der Waals surface area contributed by atoms with Crippen LogP contribution in [0, 0.1) is 11.8 Å². The van der Waals surface area contributed by atoms with Crippen LogP contribution < -0.4 is 0 Å². The summed E-state index contributed by atoms with van der Waals surface area (Å²) in [4.78, 5) is 11.0. The molecule has 0 saturated heterocycles. The molecule has 0 amide bonds. The van der Waals surface area contributed by atoms with Crippen molar-refractivity contribution in [2.24, 2.45) is 11.8 Å². The molecule has 1 aliphatic carbocycles. The van der Waals surface area contributed by atoms with Crippen molar-refractivity contribution in [3.63, 3.8) is 0 Å². The Kier molecular flexibility index (Phi) is 6.71. The molecule has 0 aromatic carbocycles. The van der Waals surface area contributed by atoms with E-state index in [0.717, 1.165) is 6.42 Å². The third kappa shape index (κ3) is 4.81. The maximum Gasteiger partial charge on any atom is 0.123 e. The maximum absolute atomic E-state index is 11.0. The summed E-state index contributed by atoms with van der Waals surface area (Å²) in [6.07, 6.45) is 14.5. The summed E-state index contributed by atoms with van der Waals surface area (Å²) in [5, 5.41) is 0. The molecule has 1 unspecified atom stereocenters. The minimum absolute atomic E-state index is 0.337. The SMILES string of the molecule is CCC(C=O)C1CCCCCCCCC1. The van der Waals surface area contributed by atoms with E-state index in [2.05, 4.69) is 6.92 Å². The van der Waals surface area contributed by atoms with E-state index in [1.807, 2.05) is 0 Å². The highest BCUT2D eigenvalue weighted by Crippen LogP contribution is 2.28. The molecule has 0 radical (unpaired) electrons. The molecular formula is C14H26O. The zero-order chi connectivity index (χ0) is 10.9. The molecule has 0 heterocycles. The normalized spacial score (nSPS) is 23.3. The van der Waals surface area contributed by atoms with Crippen LogP contribution in [-0.4, -0.2) is 6.29 Å². The third-order valence-corrected chi connectivity index (χ3v) is 3.90. The first-order valence-corrected chi connectivity index (χ1v) is 6.83. The van der Waals surface area contributed by atoms with Crippen molar-refractivity contribution in [2.75, 3.05) is 0 Å². The lowest BCUT2D eigenvalue weighted by molar-refractivity contribution is -0.112. The second-order valence-corrected chi connectivity index (χ2v) is 5.02. The summed E-state index contributed by atoms with van der Waals surface area (Å²) in [5.41, 5.74) is 0. The first-order chi connectivity index (χ1) is 7.38. The molecule has 15 heavy (non-hydrogen) atoms. The van der Waals surface area contributed by atoms with Gasteiger partial charge in [0, 0.05) is 5.92 Å². The van der Waals surface area contributed by atoms with Gasteiger partial charge in [-0.05, 0) is 25.2 Å². The van der Waals surface area contributed by atoms with Gasteiger partial charge in [-0.15, -0.1) is 0 Å². The lowest BCUT2D eigenvalue weighted by Gasteiger charge is -2.22. The molecule has 0 aliphatic heterocycles. The summed E-state index contributed by atoms with van der Waals surface area (Å²) >= 11 is 0. The van der Waals surface area contributed by atoms with Crippen LogP contribution in [0.25, 0.3) is 0 Å². The predicted octanol–water partition coefficient (Wildman–Crippen LogP) is 4.35. The molecule has 1 rings (SSSR count). The maximum atomic E-state index is 11.0. The number of hydrogen-bond donors (Lipinski definition) is 0. The summed E-state index contributed by atoms with van der Waals surface area (Å²) in [6, 6.07) is 0. The molecule has 0 aromatic rings. The molecule has 88 valence electrons. The van der Waals surface area contributed by atoms with Gasteiger partial charge in [0.15, 0.2) is 0 Å². The van der Waals surface area contributed by atoms with Crippen LogP contribution in [-0.2, 0) is 4.79 Å². The second kappa shape index (κ2) is 7.90. The molecule has 1 nitrogen and oxygen atoms in total. The number of carbonyl (C=O) groups excluding carboxylic acids is 1. The first kappa shape index (κ1) is 12.7. The average Bonchev–Trinajstić information content (AvgIpc) is 2.28. The Bertz CT molecular complexity index is 155. The Labute approximate surface area is 94.6 Å². The molecule has 0 N–H and O–H groups in total. The van der Waals surface area contributed by atoms with Crippen molar-refractivity contribution < 1.29 is 4.79 Å². The Morgan fingerprint density at radius 1 is 1.00 bits per heavy atom. The standard InChI is InChI=1S/C14H26O/c1-2-13(12-15)14-10-8-6-4-3-5-7-9-11-14/h12-14H,2-11H2,1H3. The van der Waals surface area contributed by atoms with Crippen molar-refractivity contribution in [1.82, 2.24) is 0 Å². The molecule has 1 fully saturated rings. The van der Waals surface area contributed by atoms with Gasteiger partial charge in [-0.2, -0.15) is 0 Å². The van der Waals surface area contributed by atoms with E-state index in [-0.39, 0.29) is 0 Å². The quantitative estimate of drug-likeness (QED) is 0.633. The van der Waals surface area contributed by atoms with Crippen LogP contribution in [0.1, 0.15) is 71.1 Å². The molecule has 0 bridgehead atoms. The van der Waals surface area contributed by atoms with Gasteiger partial charge in [-0.3, -0.25) is 0 Å². The summed E-state index contributed by atoms with van der Waals surface area (Å²) in [5.74, 6) is 1.02. The topological polar surface area (TPSA) is 17.1 Å². The van der Waals surface area contributed by atoms with Crippen LogP contribution in [0.3, 0.4) is 0 Å². The van der Waals surface area contributed by atoms with Crippen molar-refractivity contribution in [1.29, 1.82) is 0 Å². The van der Waals surface area contributed by atoms with Crippen LogP contribution in [0.15, 0.2) is 0 Å². The van der Waals surface area contributed by atoms with Gasteiger partial charge in [0.25, 0.3) is 0 Å². The molecule has 1 saturated carbocycles. The van der Waals surface area contributed by atoms with E-state index < -0.39 is 0 Å². The molecule has 0 spiro atoms. The van der Waals surface area contributed by atoms with E-state index in [1.54, 1.807) is 0 Å². The number of carbonyl (C=O) groups is 1. The molecule has 1 atom stereocenters. The fraction of sp³-hybridized carbons (Fsp3) is 0.929. The second-order valence-electron chi connectivity index (χ2n) is 5.02. The van der Waals surface area contributed by atoms with E-state index in [4.69, 9.17) is 0 Å². The predicted molar refractivity (Wildman–Crippen MR) is 64.9 cm³/mol. The average molecular weight is 210 g/mol. The lowest BCUT2D eigenvalue weighted by atomic mass is 9.82. The Morgan fingerprint density at radius 3 is 1.87 bits per heavy atom. The monoisotopic (exact) mass is 210 g/mol. The van der Waals surface area contributed by atoms with Crippen LogP contribution in [0.2, 0.25) is 0 Å². The molecule has 0 aromatic heterocycles. The smallest absolute Gasteiger partial charge is 0.123 e. The van der Waals surface area contributed by atoms with Crippen LogP contribution in [0.5, 0.6) is 0 Å². The van der Waals surface area contributed by atoms with Crippen LogP contribution >= 0.6 is 0 Å². The lowest BCUT2D eigenvalue weighted by Crippen LogP contribution is -2.16. The summed E-state index contributed by atoms with van der Waals surface area (Å²) in [7, 11) is 0. The Balaban J connectivity index is 2.39. The Hall–Kier alpha value is -0.330. The number of aldehydes is 1. The minimum atomic E-state index is 0.337. The van der Waals surface area contributed by atoms with Crippen molar-refractivity contribution >= 4 is 6.29 Å². The van der Waals surface area contributed by atoms with Crippen molar-refractivity contribution in [3.8, 4) is 0 Å². The molecular weight excluding hydrogens is 184 g/mol. The van der Waals surface area contributed by atoms with Gasteiger partial charge in [-0.1, -0.05) is 51.9 Å². The van der Waals surface area contributed by atoms with Gasteiger partial charge in [0.1, 0.15) is 6.29 Å². The highest BCUT2D eigenvalue weighted by molar-refractivity contribution is 5.53. The Morgan fingerprint density at radius 2 is 1.47 bits per heavy atom. The largest absolute Gasteiger partial charge is 0.303 e. The molecule has 1 heteroatoms.